The third-order valence-electron chi connectivity index (χ3n) is 3.92. The van der Waals surface area contributed by atoms with E-state index in [1.54, 1.807) is 43.3 Å². The number of nitrogens with one attached hydrogen (secondary N) is 1. The summed E-state index contributed by atoms with van der Waals surface area (Å²) in [7, 11) is -3.67. The van der Waals surface area contributed by atoms with Crippen LogP contribution in [0.15, 0.2) is 42.5 Å². The molecule has 0 fully saturated rings. The highest BCUT2D eigenvalue weighted by Gasteiger charge is 2.32. The van der Waals surface area contributed by atoms with Gasteiger partial charge in [-0.1, -0.05) is 36.7 Å². The summed E-state index contributed by atoms with van der Waals surface area (Å²) < 4.78 is 26.2. The number of amides is 1. The Hall–Kier alpha value is -2.05. The number of halogens is 1. The standard InChI is InChI=1S/C19H23ClN2O3S/c1-5-18(19(23)21-17-9-7-6-8-16(17)20)22(26(4,24)25)15-11-13(2)10-14(3)12-15/h6-12,18H,5H2,1-4H3,(H,21,23)/t18-/m0/s1. The first-order chi connectivity index (χ1) is 12.1. The molecule has 0 aliphatic rings. The number of aryl methyl sites for hydroxylation is 2. The molecule has 140 valence electrons. The third-order valence-corrected chi connectivity index (χ3v) is 5.43. The van der Waals surface area contributed by atoms with Gasteiger partial charge in [0.1, 0.15) is 6.04 Å². The van der Waals surface area contributed by atoms with Crippen molar-refractivity contribution in [2.24, 2.45) is 0 Å². The van der Waals surface area contributed by atoms with Gasteiger partial charge in [0.05, 0.1) is 22.7 Å². The lowest BCUT2D eigenvalue weighted by Gasteiger charge is -2.30. The van der Waals surface area contributed by atoms with E-state index in [9.17, 15) is 13.2 Å². The van der Waals surface area contributed by atoms with E-state index in [4.69, 9.17) is 11.6 Å². The summed E-state index contributed by atoms with van der Waals surface area (Å²) in [6, 6.07) is 11.4. The summed E-state index contributed by atoms with van der Waals surface area (Å²) in [4.78, 5) is 12.9. The van der Waals surface area contributed by atoms with Crippen molar-refractivity contribution >= 4 is 38.9 Å². The van der Waals surface area contributed by atoms with Crippen molar-refractivity contribution in [1.82, 2.24) is 0 Å². The molecule has 2 rings (SSSR count). The van der Waals surface area contributed by atoms with Gasteiger partial charge in [-0.2, -0.15) is 0 Å². The Bertz CT molecular complexity index is 893. The van der Waals surface area contributed by atoms with E-state index in [2.05, 4.69) is 5.32 Å². The summed E-state index contributed by atoms with van der Waals surface area (Å²) in [5.74, 6) is -0.426. The molecule has 26 heavy (non-hydrogen) atoms. The summed E-state index contributed by atoms with van der Waals surface area (Å²) in [6.07, 6.45) is 1.42. The van der Waals surface area contributed by atoms with Crippen LogP contribution in [0, 0.1) is 13.8 Å². The number of carbonyl (C=O) groups excluding carboxylic acids is 1. The van der Waals surface area contributed by atoms with Gasteiger partial charge in [-0.25, -0.2) is 8.42 Å². The van der Waals surface area contributed by atoms with Gasteiger partial charge < -0.3 is 5.32 Å². The monoisotopic (exact) mass is 394 g/mol. The second-order valence-corrected chi connectivity index (χ2v) is 8.56. The summed E-state index contributed by atoms with van der Waals surface area (Å²) in [5, 5.41) is 3.13. The Kier molecular flexibility index (Phi) is 6.31. The van der Waals surface area contributed by atoms with E-state index in [1.807, 2.05) is 19.9 Å². The zero-order chi connectivity index (χ0) is 19.5. The summed E-state index contributed by atoms with van der Waals surface area (Å²) in [6.45, 7) is 5.56. The zero-order valence-electron chi connectivity index (χ0n) is 15.3. The van der Waals surface area contributed by atoms with E-state index in [1.165, 1.54) is 4.31 Å². The van der Waals surface area contributed by atoms with Crippen LogP contribution in [0.3, 0.4) is 0 Å². The van der Waals surface area contributed by atoms with Crippen molar-refractivity contribution < 1.29 is 13.2 Å². The first-order valence-corrected chi connectivity index (χ1v) is 10.5. The average molecular weight is 395 g/mol. The molecule has 0 aliphatic carbocycles. The second kappa shape index (κ2) is 8.10. The van der Waals surface area contributed by atoms with E-state index in [0.717, 1.165) is 17.4 Å². The fourth-order valence-electron chi connectivity index (χ4n) is 2.92. The van der Waals surface area contributed by atoms with E-state index in [-0.39, 0.29) is 0 Å². The van der Waals surface area contributed by atoms with Gasteiger partial charge in [-0.05, 0) is 55.7 Å². The molecule has 0 heterocycles. The fraction of sp³-hybridized carbons (Fsp3) is 0.316. The number of carbonyl (C=O) groups is 1. The molecule has 1 amide bonds. The fourth-order valence-corrected chi connectivity index (χ4v) is 4.30. The molecule has 0 unspecified atom stereocenters. The number of nitrogens with zero attached hydrogens (tertiary/aromatic N) is 1. The third kappa shape index (κ3) is 4.77. The van der Waals surface area contributed by atoms with Gasteiger partial charge in [0, 0.05) is 0 Å². The van der Waals surface area contributed by atoms with Crippen molar-refractivity contribution in [3.63, 3.8) is 0 Å². The number of sulfonamides is 1. The predicted octanol–water partition coefficient (Wildman–Crippen LogP) is 4.14. The average Bonchev–Trinajstić information content (AvgIpc) is 2.52. The first-order valence-electron chi connectivity index (χ1n) is 8.26. The molecule has 2 aromatic rings. The number of para-hydroxylation sites is 1. The lowest BCUT2D eigenvalue weighted by Crippen LogP contribution is -2.47. The molecule has 0 saturated carbocycles. The topological polar surface area (TPSA) is 66.5 Å². The van der Waals surface area contributed by atoms with E-state index in [0.29, 0.717) is 22.8 Å². The Morgan fingerprint density at radius 3 is 2.23 bits per heavy atom. The van der Waals surface area contributed by atoms with Crippen molar-refractivity contribution in [3.8, 4) is 0 Å². The van der Waals surface area contributed by atoms with Gasteiger partial charge in [0.2, 0.25) is 15.9 Å². The molecule has 0 spiro atoms. The molecule has 0 bridgehead atoms. The lowest BCUT2D eigenvalue weighted by molar-refractivity contribution is -0.117. The lowest BCUT2D eigenvalue weighted by atomic mass is 10.1. The molecule has 0 saturated heterocycles. The molecular formula is C19H23ClN2O3S. The smallest absolute Gasteiger partial charge is 0.248 e. The number of rotatable bonds is 6. The number of hydrogen-bond acceptors (Lipinski definition) is 3. The Morgan fingerprint density at radius 1 is 1.15 bits per heavy atom. The van der Waals surface area contributed by atoms with E-state index >= 15 is 0 Å². The highest BCUT2D eigenvalue weighted by molar-refractivity contribution is 7.92. The number of anilines is 2. The molecule has 0 aromatic heterocycles. The van der Waals surface area contributed by atoms with Gasteiger partial charge in [0.25, 0.3) is 0 Å². The van der Waals surface area contributed by atoms with Crippen LogP contribution >= 0.6 is 11.6 Å². The van der Waals surface area contributed by atoms with Crippen molar-refractivity contribution in [2.45, 2.75) is 33.2 Å². The SMILES string of the molecule is CC[C@@H](C(=O)Nc1ccccc1Cl)N(c1cc(C)cc(C)c1)S(C)(=O)=O. The minimum Gasteiger partial charge on any atom is -0.323 e. The van der Waals surface area contributed by atoms with Crippen LogP contribution in [-0.4, -0.2) is 26.6 Å². The molecule has 1 atom stereocenters. The van der Waals surface area contributed by atoms with Crippen LogP contribution in [0.2, 0.25) is 5.02 Å². The van der Waals surface area contributed by atoms with Crippen LogP contribution < -0.4 is 9.62 Å². The molecule has 0 radical (unpaired) electrons. The zero-order valence-corrected chi connectivity index (χ0v) is 16.9. The minimum atomic E-state index is -3.67. The van der Waals surface area contributed by atoms with Crippen LogP contribution in [0.4, 0.5) is 11.4 Å². The molecule has 2 aromatic carbocycles. The van der Waals surface area contributed by atoms with Gasteiger partial charge in [-0.3, -0.25) is 9.10 Å². The largest absolute Gasteiger partial charge is 0.323 e. The Morgan fingerprint density at radius 2 is 1.73 bits per heavy atom. The highest BCUT2D eigenvalue weighted by atomic mass is 35.5. The quantitative estimate of drug-likeness (QED) is 0.800. The Labute approximate surface area is 160 Å². The predicted molar refractivity (Wildman–Crippen MR) is 107 cm³/mol. The molecule has 1 N–H and O–H groups in total. The van der Waals surface area contributed by atoms with Crippen LogP contribution in [0.5, 0.6) is 0 Å². The maximum atomic E-state index is 12.9. The highest BCUT2D eigenvalue weighted by Crippen LogP contribution is 2.27. The maximum absolute atomic E-state index is 12.9. The van der Waals surface area contributed by atoms with Crippen molar-refractivity contribution in [2.75, 3.05) is 15.9 Å². The Balaban J connectivity index is 2.44. The van der Waals surface area contributed by atoms with Crippen LogP contribution in [0.1, 0.15) is 24.5 Å². The van der Waals surface area contributed by atoms with E-state index < -0.39 is 22.0 Å². The number of benzene rings is 2. The van der Waals surface area contributed by atoms with Crippen molar-refractivity contribution in [1.29, 1.82) is 0 Å². The van der Waals surface area contributed by atoms with Crippen LogP contribution in [0.25, 0.3) is 0 Å². The van der Waals surface area contributed by atoms with Gasteiger partial charge in [-0.15, -0.1) is 0 Å². The molecular weight excluding hydrogens is 372 g/mol. The van der Waals surface area contributed by atoms with Crippen LogP contribution in [-0.2, 0) is 14.8 Å². The minimum absolute atomic E-state index is 0.316. The molecule has 5 nitrogen and oxygen atoms in total. The normalized spacial score (nSPS) is 12.5. The summed E-state index contributed by atoms with van der Waals surface area (Å²) in [5.41, 5.74) is 2.78. The molecule has 7 heteroatoms. The second-order valence-electron chi connectivity index (χ2n) is 6.30. The van der Waals surface area contributed by atoms with Crippen molar-refractivity contribution in [3.05, 3.63) is 58.6 Å². The number of hydrogen-bond donors (Lipinski definition) is 1. The summed E-state index contributed by atoms with van der Waals surface area (Å²) >= 11 is 6.10. The maximum Gasteiger partial charge on any atom is 0.248 e. The van der Waals surface area contributed by atoms with Gasteiger partial charge in [0.15, 0.2) is 0 Å². The molecule has 0 aliphatic heterocycles. The first kappa shape index (κ1) is 20.3. The van der Waals surface area contributed by atoms with Gasteiger partial charge >= 0.3 is 0 Å².